The zero-order valence-corrected chi connectivity index (χ0v) is 16.5. The summed E-state index contributed by atoms with van der Waals surface area (Å²) < 4.78 is 0. The minimum absolute atomic E-state index is 0.0791. The Hall–Kier alpha value is -3.41. The van der Waals surface area contributed by atoms with E-state index in [2.05, 4.69) is 63.8 Å². The summed E-state index contributed by atoms with van der Waals surface area (Å²) in [6.07, 6.45) is 2.40. The van der Waals surface area contributed by atoms with Crippen LogP contribution in [0.25, 0.3) is 0 Å². The number of nitrogens with one attached hydrogen (secondary N) is 1. The van der Waals surface area contributed by atoms with Crippen molar-refractivity contribution < 1.29 is 4.79 Å². The van der Waals surface area contributed by atoms with E-state index in [9.17, 15) is 4.79 Å². The average Bonchev–Trinajstić information content (AvgIpc) is 2.77. The number of aromatic nitrogens is 2. The van der Waals surface area contributed by atoms with Gasteiger partial charge in [0, 0.05) is 26.2 Å². The first-order chi connectivity index (χ1) is 14.2. The summed E-state index contributed by atoms with van der Waals surface area (Å²) >= 11 is 0. The summed E-state index contributed by atoms with van der Waals surface area (Å²) in [5.74, 6) is 1.64. The molecule has 2 aromatic carbocycles. The van der Waals surface area contributed by atoms with Crippen LogP contribution in [0.3, 0.4) is 0 Å². The van der Waals surface area contributed by atoms with Gasteiger partial charge < -0.3 is 15.1 Å². The van der Waals surface area contributed by atoms with Gasteiger partial charge in [0.1, 0.15) is 18.0 Å². The van der Waals surface area contributed by atoms with Crippen molar-refractivity contribution in [2.45, 2.75) is 12.5 Å². The first-order valence-electron chi connectivity index (χ1n) is 9.85. The first-order valence-corrected chi connectivity index (χ1v) is 9.85. The van der Waals surface area contributed by atoms with Gasteiger partial charge in [-0.15, -0.1) is 0 Å². The van der Waals surface area contributed by atoms with E-state index in [0.29, 0.717) is 13.1 Å². The van der Waals surface area contributed by atoms with Crippen LogP contribution in [0.1, 0.15) is 17.2 Å². The zero-order valence-electron chi connectivity index (χ0n) is 16.5. The van der Waals surface area contributed by atoms with E-state index >= 15 is 0 Å². The largest absolute Gasteiger partial charge is 0.363 e. The molecular weight excluding hydrogens is 362 g/mol. The lowest BCUT2D eigenvalue weighted by molar-refractivity contribution is -0.129. The van der Waals surface area contributed by atoms with Crippen LogP contribution in [0, 0.1) is 0 Å². The van der Waals surface area contributed by atoms with E-state index in [1.807, 2.05) is 30.1 Å². The molecule has 1 saturated heterocycles. The molecule has 2 heterocycles. The predicted octanol–water partition coefficient (Wildman–Crippen LogP) is 3.15. The van der Waals surface area contributed by atoms with Gasteiger partial charge in [-0.25, -0.2) is 9.97 Å². The van der Waals surface area contributed by atoms with E-state index in [0.717, 1.165) is 24.6 Å². The second kappa shape index (κ2) is 8.73. The topological polar surface area (TPSA) is 61.4 Å². The Labute approximate surface area is 171 Å². The Morgan fingerprint density at radius 3 is 2.45 bits per heavy atom. The van der Waals surface area contributed by atoms with Gasteiger partial charge in [-0.1, -0.05) is 60.7 Å². The third-order valence-electron chi connectivity index (χ3n) is 5.24. The number of rotatable bonds is 6. The maximum Gasteiger partial charge on any atom is 0.241 e. The number of likely N-dealkylation sites (N-methyl/N-ethyl adjacent to an activating group) is 1. The molecule has 0 saturated carbocycles. The Morgan fingerprint density at radius 2 is 1.72 bits per heavy atom. The van der Waals surface area contributed by atoms with Crippen molar-refractivity contribution in [3.63, 3.8) is 0 Å². The van der Waals surface area contributed by atoms with E-state index < -0.39 is 0 Å². The fourth-order valence-electron chi connectivity index (χ4n) is 3.52. The Morgan fingerprint density at radius 1 is 1.00 bits per heavy atom. The maximum absolute atomic E-state index is 12.1. The van der Waals surface area contributed by atoms with Crippen LogP contribution in [0.5, 0.6) is 0 Å². The lowest BCUT2D eigenvalue weighted by atomic mass is 9.99. The number of carbonyl (C=O) groups excluding carboxylic acids is 1. The number of piperazine rings is 1. The number of anilines is 2. The number of hydrogen-bond donors (Lipinski definition) is 1. The SMILES string of the molecule is CN1CCN(c2cc(NC(Cc3ccccc3)c3ccccc3)ncn2)CC1=O. The average molecular weight is 387 g/mol. The molecule has 1 N–H and O–H groups in total. The molecule has 1 atom stereocenters. The monoisotopic (exact) mass is 387 g/mol. The minimum Gasteiger partial charge on any atom is -0.363 e. The zero-order chi connectivity index (χ0) is 20.1. The van der Waals surface area contributed by atoms with Gasteiger partial charge in [-0.2, -0.15) is 0 Å². The summed E-state index contributed by atoms with van der Waals surface area (Å²) in [5, 5.41) is 3.57. The van der Waals surface area contributed by atoms with Crippen molar-refractivity contribution in [2.75, 3.05) is 36.9 Å². The summed E-state index contributed by atoms with van der Waals surface area (Å²) in [7, 11) is 1.83. The molecule has 1 unspecified atom stereocenters. The molecule has 4 rings (SSSR count). The summed E-state index contributed by atoms with van der Waals surface area (Å²) in [5.41, 5.74) is 2.46. The van der Waals surface area contributed by atoms with Crippen LogP contribution in [0.2, 0.25) is 0 Å². The molecule has 0 spiro atoms. The molecular formula is C23H25N5O. The molecule has 1 aliphatic heterocycles. The number of carbonyl (C=O) groups is 1. The normalized spacial score (nSPS) is 15.3. The molecule has 6 heteroatoms. The molecule has 0 bridgehead atoms. The molecule has 1 amide bonds. The highest BCUT2D eigenvalue weighted by molar-refractivity contribution is 5.82. The van der Waals surface area contributed by atoms with Crippen molar-refractivity contribution in [2.24, 2.45) is 0 Å². The Kier molecular flexibility index (Phi) is 5.70. The van der Waals surface area contributed by atoms with Crippen molar-refractivity contribution in [3.8, 4) is 0 Å². The summed E-state index contributed by atoms with van der Waals surface area (Å²) in [4.78, 5) is 24.6. The van der Waals surface area contributed by atoms with E-state index in [-0.39, 0.29) is 11.9 Å². The van der Waals surface area contributed by atoms with Gasteiger partial charge in [0.15, 0.2) is 0 Å². The molecule has 1 fully saturated rings. The second-order valence-corrected chi connectivity index (χ2v) is 7.30. The highest BCUT2D eigenvalue weighted by atomic mass is 16.2. The number of benzene rings is 2. The minimum atomic E-state index is 0.0791. The number of amides is 1. The van der Waals surface area contributed by atoms with Crippen molar-refractivity contribution in [3.05, 3.63) is 84.2 Å². The van der Waals surface area contributed by atoms with Crippen LogP contribution in [-0.2, 0) is 11.2 Å². The van der Waals surface area contributed by atoms with Crippen LogP contribution < -0.4 is 10.2 Å². The maximum atomic E-state index is 12.1. The van der Waals surface area contributed by atoms with Crippen molar-refractivity contribution in [1.29, 1.82) is 0 Å². The molecule has 0 radical (unpaired) electrons. The van der Waals surface area contributed by atoms with Gasteiger partial charge in [0.05, 0.1) is 12.6 Å². The first kappa shape index (κ1) is 18.9. The van der Waals surface area contributed by atoms with E-state index in [1.54, 1.807) is 11.2 Å². The highest BCUT2D eigenvalue weighted by Crippen LogP contribution is 2.24. The van der Waals surface area contributed by atoms with E-state index in [4.69, 9.17) is 0 Å². The number of nitrogens with zero attached hydrogens (tertiary/aromatic N) is 4. The smallest absolute Gasteiger partial charge is 0.241 e. The Balaban J connectivity index is 1.55. The fourth-order valence-corrected chi connectivity index (χ4v) is 3.52. The molecule has 29 heavy (non-hydrogen) atoms. The number of hydrogen-bond acceptors (Lipinski definition) is 5. The standard InChI is InChI=1S/C23H25N5O/c1-27-12-13-28(16-23(27)29)22-15-21(24-17-25-22)26-20(19-10-6-3-7-11-19)14-18-8-4-2-5-9-18/h2-11,15,17,20H,12-14,16H2,1H3,(H,24,25,26). The van der Waals surface area contributed by atoms with Gasteiger partial charge >= 0.3 is 0 Å². The summed E-state index contributed by atoms with van der Waals surface area (Å²) in [6.45, 7) is 1.82. The predicted molar refractivity (Wildman–Crippen MR) is 115 cm³/mol. The second-order valence-electron chi connectivity index (χ2n) is 7.30. The molecule has 1 aromatic heterocycles. The van der Waals surface area contributed by atoms with E-state index in [1.165, 1.54) is 11.1 Å². The van der Waals surface area contributed by atoms with Crippen LogP contribution >= 0.6 is 0 Å². The summed E-state index contributed by atoms with van der Waals surface area (Å²) in [6, 6.07) is 22.8. The Bertz CT molecular complexity index is 948. The van der Waals surface area contributed by atoms with Gasteiger partial charge in [-0.05, 0) is 17.5 Å². The third-order valence-corrected chi connectivity index (χ3v) is 5.24. The lowest BCUT2D eigenvalue weighted by Crippen LogP contribution is -2.48. The highest BCUT2D eigenvalue weighted by Gasteiger charge is 2.22. The van der Waals surface area contributed by atoms with Gasteiger partial charge in [0.25, 0.3) is 0 Å². The van der Waals surface area contributed by atoms with Gasteiger partial charge in [-0.3, -0.25) is 4.79 Å². The molecule has 0 aliphatic carbocycles. The van der Waals surface area contributed by atoms with Crippen LogP contribution in [0.4, 0.5) is 11.6 Å². The van der Waals surface area contributed by atoms with Crippen molar-refractivity contribution in [1.82, 2.24) is 14.9 Å². The fraction of sp³-hybridized carbons (Fsp3) is 0.261. The van der Waals surface area contributed by atoms with Gasteiger partial charge in [0.2, 0.25) is 5.91 Å². The quantitative estimate of drug-likeness (QED) is 0.704. The molecule has 3 aromatic rings. The van der Waals surface area contributed by atoms with Crippen molar-refractivity contribution >= 4 is 17.5 Å². The molecule has 6 nitrogen and oxygen atoms in total. The molecule has 148 valence electrons. The third kappa shape index (κ3) is 4.71. The van der Waals surface area contributed by atoms with Crippen LogP contribution in [0.15, 0.2) is 73.1 Å². The molecule has 1 aliphatic rings. The lowest BCUT2D eigenvalue weighted by Gasteiger charge is -2.32. The van der Waals surface area contributed by atoms with Crippen LogP contribution in [-0.4, -0.2) is 47.5 Å².